The average molecular weight is 277 g/mol. The molecular formula is C13H19N5O2. The molecule has 0 saturated heterocycles. The number of carbonyl (C=O) groups excluding carboxylic acids is 1. The topological polar surface area (TPSA) is 113 Å². The first kappa shape index (κ1) is 14.2. The number of hydrogen-bond acceptors (Lipinski definition) is 5. The normalized spacial score (nSPS) is 27.1. The maximum atomic E-state index is 12.2. The molecule has 0 aliphatic heterocycles. The van der Waals surface area contributed by atoms with Crippen LogP contribution < -0.4 is 11.1 Å². The molecule has 7 heteroatoms. The van der Waals surface area contributed by atoms with Gasteiger partial charge < -0.3 is 16.3 Å². The van der Waals surface area contributed by atoms with Gasteiger partial charge in [-0.1, -0.05) is 12.1 Å². The molecule has 1 aliphatic rings. The zero-order valence-corrected chi connectivity index (χ0v) is 11.4. The Labute approximate surface area is 117 Å². The fourth-order valence-electron chi connectivity index (χ4n) is 2.51. The highest BCUT2D eigenvalue weighted by Crippen LogP contribution is 2.32. The molecule has 0 spiro atoms. The van der Waals surface area contributed by atoms with Gasteiger partial charge in [-0.05, 0) is 37.7 Å². The lowest BCUT2D eigenvalue weighted by Crippen LogP contribution is -2.59. The van der Waals surface area contributed by atoms with Gasteiger partial charge in [0.25, 0.3) is 5.91 Å². The number of aromatic nitrogens is 2. The van der Waals surface area contributed by atoms with Crippen LogP contribution in [0, 0.1) is 5.92 Å². The van der Waals surface area contributed by atoms with Crippen LogP contribution in [0.5, 0.6) is 0 Å². The summed E-state index contributed by atoms with van der Waals surface area (Å²) in [5.41, 5.74) is 5.44. The SMILES string of the molecule is CC1CCC(NC(=O)c2ccnnc2)(/C(N)=N/O)CC1. The van der Waals surface area contributed by atoms with Gasteiger partial charge in [-0.3, -0.25) is 4.79 Å². The van der Waals surface area contributed by atoms with E-state index in [0.29, 0.717) is 24.3 Å². The molecule has 1 saturated carbocycles. The number of hydrogen-bond donors (Lipinski definition) is 3. The van der Waals surface area contributed by atoms with E-state index in [1.54, 1.807) is 6.07 Å². The lowest BCUT2D eigenvalue weighted by molar-refractivity contribution is 0.0897. The predicted octanol–water partition coefficient (Wildman–Crippen LogP) is 0.902. The van der Waals surface area contributed by atoms with E-state index in [4.69, 9.17) is 10.9 Å². The average Bonchev–Trinajstić information content (AvgIpc) is 2.49. The number of nitrogens with one attached hydrogen (secondary N) is 1. The second kappa shape index (κ2) is 5.85. The van der Waals surface area contributed by atoms with Gasteiger partial charge in [-0.25, -0.2) is 0 Å². The maximum Gasteiger partial charge on any atom is 0.253 e. The highest BCUT2D eigenvalue weighted by molar-refractivity contribution is 6.00. The van der Waals surface area contributed by atoms with Crippen molar-refractivity contribution < 1.29 is 10.0 Å². The van der Waals surface area contributed by atoms with Gasteiger partial charge in [0, 0.05) is 0 Å². The summed E-state index contributed by atoms with van der Waals surface area (Å²) >= 11 is 0. The third-order valence-corrected chi connectivity index (χ3v) is 3.93. The summed E-state index contributed by atoms with van der Waals surface area (Å²) in [6.45, 7) is 2.16. The molecule has 20 heavy (non-hydrogen) atoms. The first-order valence-electron chi connectivity index (χ1n) is 6.64. The Balaban J connectivity index is 2.19. The predicted molar refractivity (Wildman–Crippen MR) is 73.3 cm³/mol. The van der Waals surface area contributed by atoms with Crippen LogP contribution in [0.1, 0.15) is 43.0 Å². The molecule has 1 aliphatic carbocycles. The third kappa shape index (κ3) is 2.87. The van der Waals surface area contributed by atoms with Crippen LogP contribution >= 0.6 is 0 Å². The monoisotopic (exact) mass is 277 g/mol. The van der Waals surface area contributed by atoms with E-state index >= 15 is 0 Å². The van der Waals surface area contributed by atoms with Gasteiger partial charge in [0.1, 0.15) is 5.54 Å². The van der Waals surface area contributed by atoms with Crippen LogP contribution in [0.15, 0.2) is 23.6 Å². The molecule has 1 amide bonds. The summed E-state index contributed by atoms with van der Waals surface area (Å²) < 4.78 is 0. The molecule has 1 heterocycles. The van der Waals surface area contributed by atoms with Crippen molar-refractivity contribution in [1.82, 2.24) is 15.5 Å². The van der Waals surface area contributed by atoms with Crippen LogP contribution in [0.3, 0.4) is 0 Å². The highest BCUT2D eigenvalue weighted by Gasteiger charge is 2.40. The van der Waals surface area contributed by atoms with Crippen molar-refractivity contribution in [2.75, 3.05) is 0 Å². The summed E-state index contributed by atoms with van der Waals surface area (Å²) in [7, 11) is 0. The van der Waals surface area contributed by atoms with Crippen molar-refractivity contribution in [1.29, 1.82) is 0 Å². The summed E-state index contributed by atoms with van der Waals surface area (Å²) in [6, 6.07) is 1.58. The molecule has 0 atom stereocenters. The van der Waals surface area contributed by atoms with E-state index in [0.717, 1.165) is 12.8 Å². The van der Waals surface area contributed by atoms with E-state index < -0.39 is 5.54 Å². The van der Waals surface area contributed by atoms with Crippen LogP contribution in [-0.2, 0) is 0 Å². The third-order valence-electron chi connectivity index (χ3n) is 3.93. The van der Waals surface area contributed by atoms with E-state index in [2.05, 4.69) is 27.6 Å². The van der Waals surface area contributed by atoms with Crippen molar-refractivity contribution in [3.8, 4) is 0 Å². The van der Waals surface area contributed by atoms with Gasteiger partial charge in [-0.2, -0.15) is 10.2 Å². The number of nitrogens with two attached hydrogens (primary N) is 1. The van der Waals surface area contributed by atoms with Crippen molar-refractivity contribution >= 4 is 11.7 Å². The van der Waals surface area contributed by atoms with Gasteiger partial charge in [0.2, 0.25) is 0 Å². The molecule has 2 rings (SSSR count). The molecule has 0 radical (unpaired) electrons. The van der Waals surface area contributed by atoms with E-state index in [-0.39, 0.29) is 11.7 Å². The molecule has 1 aromatic heterocycles. The van der Waals surface area contributed by atoms with Crippen molar-refractivity contribution in [2.24, 2.45) is 16.8 Å². The lowest BCUT2D eigenvalue weighted by atomic mass is 9.76. The minimum atomic E-state index is -0.776. The summed E-state index contributed by atoms with van der Waals surface area (Å²) in [5, 5.41) is 22.3. The number of rotatable bonds is 3. The molecule has 7 nitrogen and oxygen atoms in total. The number of carbonyl (C=O) groups is 1. The summed E-state index contributed by atoms with van der Waals surface area (Å²) in [5.74, 6) is 0.343. The minimum Gasteiger partial charge on any atom is -0.409 e. The van der Waals surface area contributed by atoms with E-state index in [9.17, 15) is 4.79 Å². The van der Waals surface area contributed by atoms with Crippen LogP contribution in [-0.4, -0.2) is 32.7 Å². The molecule has 1 fully saturated rings. The Kier molecular flexibility index (Phi) is 4.16. The first-order chi connectivity index (χ1) is 9.57. The Morgan fingerprint density at radius 3 is 2.75 bits per heavy atom. The maximum absolute atomic E-state index is 12.2. The number of oxime groups is 1. The van der Waals surface area contributed by atoms with Gasteiger partial charge in [0.15, 0.2) is 5.84 Å². The Morgan fingerprint density at radius 2 is 2.20 bits per heavy atom. The number of nitrogens with zero attached hydrogens (tertiary/aromatic N) is 3. The minimum absolute atomic E-state index is 0.0553. The second-order valence-corrected chi connectivity index (χ2v) is 5.34. The van der Waals surface area contributed by atoms with E-state index in [1.165, 1.54) is 12.4 Å². The fourth-order valence-corrected chi connectivity index (χ4v) is 2.51. The Morgan fingerprint density at radius 1 is 1.50 bits per heavy atom. The lowest BCUT2D eigenvalue weighted by Gasteiger charge is -2.38. The molecule has 108 valence electrons. The zero-order valence-electron chi connectivity index (χ0n) is 11.4. The summed E-state index contributed by atoms with van der Waals surface area (Å²) in [4.78, 5) is 12.2. The molecular weight excluding hydrogens is 258 g/mol. The smallest absolute Gasteiger partial charge is 0.253 e. The van der Waals surface area contributed by atoms with Crippen LogP contribution in [0.25, 0.3) is 0 Å². The van der Waals surface area contributed by atoms with Crippen molar-refractivity contribution in [3.05, 3.63) is 24.0 Å². The highest BCUT2D eigenvalue weighted by atomic mass is 16.4. The van der Waals surface area contributed by atoms with Crippen molar-refractivity contribution in [2.45, 2.75) is 38.1 Å². The second-order valence-electron chi connectivity index (χ2n) is 5.34. The molecule has 1 aromatic rings. The Hall–Kier alpha value is -2.18. The van der Waals surface area contributed by atoms with Gasteiger partial charge in [-0.15, -0.1) is 0 Å². The fraction of sp³-hybridized carbons (Fsp3) is 0.538. The largest absolute Gasteiger partial charge is 0.409 e. The molecule has 4 N–H and O–H groups in total. The van der Waals surface area contributed by atoms with Crippen LogP contribution in [0.2, 0.25) is 0 Å². The molecule has 0 unspecified atom stereocenters. The van der Waals surface area contributed by atoms with Crippen molar-refractivity contribution in [3.63, 3.8) is 0 Å². The Bertz CT molecular complexity index is 495. The van der Waals surface area contributed by atoms with Crippen LogP contribution in [0.4, 0.5) is 0 Å². The van der Waals surface area contributed by atoms with E-state index in [1.807, 2.05) is 0 Å². The summed E-state index contributed by atoms with van der Waals surface area (Å²) in [6.07, 6.45) is 6.01. The number of amides is 1. The molecule has 0 aromatic carbocycles. The first-order valence-corrected chi connectivity index (χ1v) is 6.64. The zero-order chi connectivity index (χ0) is 14.6. The standard InChI is InChI=1S/C13H19N5O2/c1-9-2-5-13(6-3-9,12(14)18-20)17-11(19)10-4-7-15-16-8-10/h4,7-9,20H,2-3,5-6H2,1H3,(H2,14,18)(H,17,19). The van der Waals surface area contributed by atoms with Gasteiger partial charge >= 0.3 is 0 Å². The van der Waals surface area contributed by atoms with Gasteiger partial charge in [0.05, 0.1) is 18.0 Å². The molecule has 0 bridgehead atoms. The number of amidine groups is 1. The quantitative estimate of drug-likeness (QED) is 0.329.